The first-order chi connectivity index (χ1) is 8.43. The number of nitrogen functional groups attached to an aromatic ring is 1. The van der Waals surface area contributed by atoms with Crippen molar-refractivity contribution in [2.45, 2.75) is 6.10 Å². The predicted molar refractivity (Wildman–Crippen MR) is 68.5 cm³/mol. The van der Waals surface area contributed by atoms with Crippen LogP contribution >= 0.6 is 11.6 Å². The Balaban J connectivity index is 2.74. The molecule has 1 rings (SSSR count). The highest BCUT2D eigenvalue weighted by molar-refractivity contribution is 6.29. The van der Waals surface area contributed by atoms with Crippen molar-refractivity contribution >= 4 is 23.3 Å². The minimum atomic E-state index is -0.737. The molecule has 18 heavy (non-hydrogen) atoms. The van der Waals surface area contributed by atoms with Crippen molar-refractivity contribution < 1.29 is 14.6 Å². The molecule has 0 bridgehead atoms. The Hall–Kier alpha value is -1.37. The quantitative estimate of drug-likeness (QED) is 0.758. The number of nitrogens with zero attached hydrogens (tertiary/aromatic N) is 2. The van der Waals surface area contributed by atoms with Gasteiger partial charge in [0.1, 0.15) is 11.0 Å². The van der Waals surface area contributed by atoms with Crippen LogP contribution in [0, 0.1) is 0 Å². The summed E-state index contributed by atoms with van der Waals surface area (Å²) < 4.78 is 4.79. The molecular formula is C11H16ClN3O3. The molecule has 6 nitrogen and oxygen atoms in total. The molecule has 100 valence electrons. The second kappa shape index (κ2) is 6.53. The van der Waals surface area contributed by atoms with Crippen molar-refractivity contribution in [1.82, 2.24) is 9.88 Å². The molecule has 3 N–H and O–H groups in total. The fraction of sp³-hybridized carbons (Fsp3) is 0.455. The first kappa shape index (κ1) is 14.7. The summed E-state index contributed by atoms with van der Waals surface area (Å²) in [6, 6.07) is 2.87. The van der Waals surface area contributed by atoms with Gasteiger partial charge in [-0.05, 0) is 12.1 Å². The third-order valence-electron chi connectivity index (χ3n) is 2.25. The zero-order valence-electron chi connectivity index (χ0n) is 10.3. The Morgan fingerprint density at radius 1 is 1.67 bits per heavy atom. The summed E-state index contributed by atoms with van der Waals surface area (Å²) in [6.07, 6.45) is -0.737. The van der Waals surface area contributed by atoms with Crippen molar-refractivity contribution in [1.29, 1.82) is 0 Å². The lowest BCUT2D eigenvalue weighted by atomic mass is 10.2. The molecule has 1 amide bonds. The maximum absolute atomic E-state index is 12.0. The Kier molecular flexibility index (Phi) is 5.33. The topological polar surface area (TPSA) is 88.7 Å². The maximum atomic E-state index is 12.0. The lowest BCUT2D eigenvalue weighted by Crippen LogP contribution is -2.36. The molecular weight excluding hydrogens is 258 g/mol. The minimum absolute atomic E-state index is 0.157. The number of hydrogen-bond acceptors (Lipinski definition) is 5. The fourth-order valence-corrected chi connectivity index (χ4v) is 1.72. The van der Waals surface area contributed by atoms with Crippen LogP contribution in [0.3, 0.4) is 0 Å². The van der Waals surface area contributed by atoms with Gasteiger partial charge >= 0.3 is 0 Å². The van der Waals surface area contributed by atoms with Crippen molar-refractivity contribution in [3.63, 3.8) is 0 Å². The van der Waals surface area contributed by atoms with E-state index in [-0.39, 0.29) is 30.0 Å². The van der Waals surface area contributed by atoms with Crippen LogP contribution in [0.4, 0.5) is 5.82 Å². The number of carbonyl (C=O) groups excluding carboxylic acids is 1. The predicted octanol–water partition coefficient (Wildman–Crippen LogP) is 0.396. The summed E-state index contributed by atoms with van der Waals surface area (Å²) in [5.41, 5.74) is 5.84. The van der Waals surface area contributed by atoms with Gasteiger partial charge in [0, 0.05) is 26.3 Å². The van der Waals surface area contributed by atoms with Crippen molar-refractivity contribution in [3.8, 4) is 0 Å². The van der Waals surface area contributed by atoms with Crippen LogP contribution in [-0.4, -0.2) is 54.3 Å². The molecule has 1 heterocycles. The molecule has 1 unspecified atom stereocenters. The number of methoxy groups -OCH3 is 1. The van der Waals surface area contributed by atoms with Gasteiger partial charge in [-0.2, -0.15) is 0 Å². The second-order valence-electron chi connectivity index (χ2n) is 3.90. The molecule has 0 aliphatic heterocycles. The number of hydrogen-bond donors (Lipinski definition) is 2. The summed E-state index contributed by atoms with van der Waals surface area (Å²) in [6.45, 7) is 0.323. The van der Waals surface area contributed by atoms with Crippen LogP contribution in [0.5, 0.6) is 0 Å². The molecule has 0 saturated carbocycles. The second-order valence-corrected chi connectivity index (χ2v) is 4.29. The van der Waals surface area contributed by atoms with Crippen molar-refractivity contribution in [2.75, 3.05) is 33.0 Å². The first-order valence-electron chi connectivity index (χ1n) is 5.29. The molecule has 1 atom stereocenters. The molecule has 1 aromatic rings. The van der Waals surface area contributed by atoms with E-state index in [9.17, 15) is 9.90 Å². The van der Waals surface area contributed by atoms with Crippen LogP contribution in [0.15, 0.2) is 12.1 Å². The molecule has 0 spiro atoms. The number of pyridine rings is 1. The average Bonchev–Trinajstić information content (AvgIpc) is 2.26. The summed E-state index contributed by atoms with van der Waals surface area (Å²) in [4.78, 5) is 17.2. The minimum Gasteiger partial charge on any atom is -0.389 e. The van der Waals surface area contributed by atoms with Gasteiger partial charge in [0.2, 0.25) is 0 Å². The van der Waals surface area contributed by atoms with Gasteiger partial charge in [-0.1, -0.05) is 11.6 Å². The summed E-state index contributed by atoms with van der Waals surface area (Å²) in [7, 11) is 3.06. The van der Waals surface area contributed by atoms with Gasteiger partial charge in [0.05, 0.1) is 12.7 Å². The molecule has 7 heteroatoms. The highest BCUT2D eigenvalue weighted by Crippen LogP contribution is 2.13. The standard InChI is InChI=1S/C11H16ClN3O3/c1-15(5-8(16)6-18-2)11(17)7-3-9(12)14-10(13)4-7/h3-4,8,16H,5-6H2,1-2H3,(H2,13,14). The average molecular weight is 274 g/mol. The van der Waals surface area contributed by atoms with E-state index in [2.05, 4.69) is 4.98 Å². The zero-order valence-corrected chi connectivity index (χ0v) is 11.0. The molecule has 1 aromatic heterocycles. The Morgan fingerprint density at radius 3 is 2.89 bits per heavy atom. The van der Waals surface area contributed by atoms with Crippen LogP contribution in [0.25, 0.3) is 0 Å². The number of amides is 1. The lowest BCUT2D eigenvalue weighted by Gasteiger charge is -2.20. The Morgan fingerprint density at radius 2 is 2.33 bits per heavy atom. The third kappa shape index (κ3) is 4.14. The van der Waals surface area contributed by atoms with E-state index in [1.807, 2.05) is 0 Å². The summed E-state index contributed by atoms with van der Waals surface area (Å²) in [5.74, 6) is -0.113. The number of aliphatic hydroxyl groups is 1. The van der Waals surface area contributed by atoms with Crippen molar-refractivity contribution in [2.24, 2.45) is 0 Å². The number of nitrogens with two attached hydrogens (primary N) is 1. The van der Waals surface area contributed by atoms with E-state index in [1.165, 1.54) is 24.1 Å². The number of anilines is 1. The summed E-state index contributed by atoms with van der Waals surface area (Å²) >= 11 is 5.72. The molecule has 0 aliphatic carbocycles. The number of halogens is 1. The normalized spacial score (nSPS) is 12.2. The van der Waals surface area contributed by atoms with E-state index in [0.717, 1.165) is 0 Å². The first-order valence-corrected chi connectivity index (χ1v) is 5.67. The third-order valence-corrected chi connectivity index (χ3v) is 2.44. The van der Waals surface area contributed by atoms with Gasteiger partial charge in [-0.25, -0.2) is 4.98 Å². The van der Waals surface area contributed by atoms with Gasteiger partial charge in [0.25, 0.3) is 5.91 Å². The number of carbonyl (C=O) groups is 1. The van der Waals surface area contributed by atoms with Crippen LogP contribution < -0.4 is 5.73 Å². The van der Waals surface area contributed by atoms with Crippen LogP contribution in [0.2, 0.25) is 5.15 Å². The molecule has 0 radical (unpaired) electrons. The van der Waals surface area contributed by atoms with Gasteiger partial charge < -0.3 is 20.5 Å². The largest absolute Gasteiger partial charge is 0.389 e. The van der Waals surface area contributed by atoms with Crippen LogP contribution in [-0.2, 0) is 4.74 Å². The van der Waals surface area contributed by atoms with Gasteiger partial charge in [0.15, 0.2) is 0 Å². The van der Waals surface area contributed by atoms with E-state index in [1.54, 1.807) is 7.05 Å². The fourth-order valence-electron chi connectivity index (χ4n) is 1.51. The highest BCUT2D eigenvalue weighted by Gasteiger charge is 2.16. The molecule has 0 fully saturated rings. The number of aromatic nitrogens is 1. The number of aliphatic hydroxyl groups excluding tert-OH is 1. The number of rotatable bonds is 5. The summed E-state index contributed by atoms with van der Waals surface area (Å²) in [5, 5.41) is 9.70. The zero-order chi connectivity index (χ0) is 13.7. The SMILES string of the molecule is COCC(O)CN(C)C(=O)c1cc(N)nc(Cl)c1. The number of likely N-dealkylation sites (N-methyl/N-ethyl adjacent to an activating group) is 1. The number of ether oxygens (including phenoxy) is 1. The molecule has 0 saturated heterocycles. The van der Waals surface area contributed by atoms with Crippen LogP contribution in [0.1, 0.15) is 10.4 Å². The van der Waals surface area contributed by atoms with Gasteiger partial charge in [-0.3, -0.25) is 4.79 Å². The highest BCUT2D eigenvalue weighted by atomic mass is 35.5. The monoisotopic (exact) mass is 273 g/mol. The lowest BCUT2D eigenvalue weighted by molar-refractivity contribution is 0.0380. The van der Waals surface area contributed by atoms with E-state index in [4.69, 9.17) is 22.1 Å². The molecule has 0 aliphatic rings. The Labute approximate surface area is 110 Å². The smallest absolute Gasteiger partial charge is 0.253 e. The van der Waals surface area contributed by atoms with E-state index >= 15 is 0 Å². The van der Waals surface area contributed by atoms with E-state index < -0.39 is 6.10 Å². The van der Waals surface area contributed by atoms with Crippen molar-refractivity contribution in [3.05, 3.63) is 22.8 Å². The maximum Gasteiger partial charge on any atom is 0.253 e. The van der Waals surface area contributed by atoms with Gasteiger partial charge in [-0.15, -0.1) is 0 Å². The van der Waals surface area contributed by atoms with E-state index in [0.29, 0.717) is 5.56 Å². The Bertz CT molecular complexity index is 408. The molecule has 0 aromatic carbocycles.